The van der Waals surface area contributed by atoms with E-state index in [4.69, 9.17) is 4.74 Å². The summed E-state index contributed by atoms with van der Waals surface area (Å²) in [5.74, 6) is -1.30. The maximum atomic E-state index is 13.6. The fourth-order valence-electron chi connectivity index (χ4n) is 3.61. The van der Waals surface area contributed by atoms with Gasteiger partial charge in [-0.05, 0) is 54.1 Å². The van der Waals surface area contributed by atoms with Gasteiger partial charge < -0.3 is 14.7 Å². The van der Waals surface area contributed by atoms with Gasteiger partial charge in [-0.3, -0.25) is 9.59 Å². The Morgan fingerprint density at radius 1 is 1.00 bits per heavy atom. The average molecular weight is 444 g/mol. The quantitative estimate of drug-likeness (QED) is 0.444. The van der Waals surface area contributed by atoms with Crippen LogP contribution in [0.1, 0.15) is 15.9 Å². The van der Waals surface area contributed by atoms with Gasteiger partial charge in [-0.2, -0.15) is 0 Å². The number of hydrogen-bond donors (Lipinski definition) is 1. The standard InChI is InChI=1S/C26H21FN2O4/c1-33-20-12-8-18(9-13-20)24-14-22(21-4-2-3-5-23(21)28-24)26(32)29(16-25(30)31)15-17-6-10-19(27)11-7-17/h2-14H,15-16H2,1H3,(H,30,31). The van der Waals surface area contributed by atoms with Crippen molar-refractivity contribution in [2.75, 3.05) is 13.7 Å². The van der Waals surface area contributed by atoms with Crippen molar-refractivity contribution in [1.82, 2.24) is 9.88 Å². The van der Waals surface area contributed by atoms with E-state index < -0.39 is 24.2 Å². The van der Waals surface area contributed by atoms with Crippen LogP contribution in [0.2, 0.25) is 0 Å². The largest absolute Gasteiger partial charge is 0.497 e. The zero-order chi connectivity index (χ0) is 23.4. The molecule has 0 fully saturated rings. The second kappa shape index (κ2) is 9.48. The summed E-state index contributed by atoms with van der Waals surface area (Å²) in [5, 5.41) is 10.0. The molecule has 6 nitrogen and oxygen atoms in total. The topological polar surface area (TPSA) is 79.7 Å². The molecule has 0 saturated carbocycles. The summed E-state index contributed by atoms with van der Waals surface area (Å²) in [6.07, 6.45) is 0. The van der Waals surface area contributed by atoms with E-state index in [9.17, 15) is 19.1 Å². The lowest BCUT2D eigenvalue weighted by Crippen LogP contribution is -2.35. The van der Waals surface area contributed by atoms with E-state index in [-0.39, 0.29) is 6.54 Å². The normalized spacial score (nSPS) is 10.7. The molecule has 3 aromatic carbocycles. The molecule has 0 unspecified atom stereocenters. The second-order valence-electron chi connectivity index (χ2n) is 7.48. The summed E-state index contributed by atoms with van der Waals surface area (Å²) in [6.45, 7) is -0.468. The van der Waals surface area contributed by atoms with E-state index in [1.807, 2.05) is 18.2 Å². The zero-order valence-corrected chi connectivity index (χ0v) is 17.9. The van der Waals surface area contributed by atoms with Crippen molar-refractivity contribution < 1.29 is 23.8 Å². The Morgan fingerprint density at radius 2 is 1.70 bits per heavy atom. The van der Waals surface area contributed by atoms with Crippen LogP contribution in [0.15, 0.2) is 78.9 Å². The molecule has 0 atom stereocenters. The highest BCUT2D eigenvalue weighted by molar-refractivity contribution is 6.07. The molecule has 0 aliphatic heterocycles. The highest BCUT2D eigenvalue weighted by Gasteiger charge is 2.22. The van der Waals surface area contributed by atoms with Crippen LogP contribution in [0.5, 0.6) is 5.75 Å². The highest BCUT2D eigenvalue weighted by Crippen LogP contribution is 2.27. The molecule has 1 aromatic heterocycles. The maximum Gasteiger partial charge on any atom is 0.323 e. The molecule has 0 saturated heterocycles. The van der Waals surface area contributed by atoms with Crippen molar-refractivity contribution in [3.05, 3.63) is 95.8 Å². The molecule has 33 heavy (non-hydrogen) atoms. The monoisotopic (exact) mass is 444 g/mol. The first-order chi connectivity index (χ1) is 15.9. The van der Waals surface area contributed by atoms with Gasteiger partial charge in [0.1, 0.15) is 18.1 Å². The molecule has 0 spiro atoms. The minimum absolute atomic E-state index is 0.0277. The molecular formula is C26H21FN2O4. The summed E-state index contributed by atoms with van der Waals surface area (Å²) in [7, 11) is 1.58. The Kier molecular flexibility index (Phi) is 6.31. The Hall–Kier alpha value is -4.26. The first-order valence-electron chi connectivity index (χ1n) is 10.2. The summed E-state index contributed by atoms with van der Waals surface area (Å²) >= 11 is 0. The van der Waals surface area contributed by atoms with Crippen LogP contribution in [0.4, 0.5) is 4.39 Å². The molecule has 0 aliphatic rings. The number of hydrogen-bond acceptors (Lipinski definition) is 4. The number of methoxy groups -OCH3 is 1. The van der Waals surface area contributed by atoms with Gasteiger partial charge in [0.15, 0.2) is 0 Å². The molecule has 0 bridgehead atoms. The van der Waals surface area contributed by atoms with E-state index in [1.54, 1.807) is 43.5 Å². The number of halogens is 1. The summed E-state index contributed by atoms with van der Waals surface area (Å²) in [6, 6.07) is 21.8. The van der Waals surface area contributed by atoms with Gasteiger partial charge in [0.05, 0.1) is 23.9 Å². The third-order valence-electron chi connectivity index (χ3n) is 5.23. The van der Waals surface area contributed by atoms with Gasteiger partial charge in [0.25, 0.3) is 5.91 Å². The summed E-state index contributed by atoms with van der Waals surface area (Å²) in [4.78, 5) is 31.0. The van der Waals surface area contributed by atoms with E-state index in [1.165, 1.54) is 29.2 Å². The fraction of sp³-hybridized carbons (Fsp3) is 0.115. The van der Waals surface area contributed by atoms with Crippen LogP contribution in [0.25, 0.3) is 22.2 Å². The number of fused-ring (bicyclic) bond motifs is 1. The molecule has 1 amide bonds. The van der Waals surface area contributed by atoms with Crippen molar-refractivity contribution in [1.29, 1.82) is 0 Å². The molecule has 0 radical (unpaired) electrons. The number of para-hydroxylation sites is 1. The van der Waals surface area contributed by atoms with Gasteiger partial charge in [0, 0.05) is 17.5 Å². The maximum absolute atomic E-state index is 13.6. The van der Waals surface area contributed by atoms with Crippen LogP contribution < -0.4 is 4.74 Å². The van der Waals surface area contributed by atoms with E-state index in [0.717, 1.165) is 5.56 Å². The van der Waals surface area contributed by atoms with Crippen LogP contribution >= 0.6 is 0 Å². The molecule has 0 aliphatic carbocycles. The average Bonchev–Trinajstić information content (AvgIpc) is 2.83. The number of carboxylic acids is 1. The number of carbonyl (C=O) groups excluding carboxylic acids is 1. The Labute approximate surface area is 189 Å². The number of pyridine rings is 1. The van der Waals surface area contributed by atoms with E-state index in [0.29, 0.717) is 33.5 Å². The lowest BCUT2D eigenvalue weighted by molar-refractivity contribution is -0.137. The fourth-order valence-corrected chi connectivity index (χ4v) is 3.61. The molecule has 4 rings (SSSR count). The minimum atomic E-state index is -1.14. The van der Waals surface area contributed by atoms with Gasteiger partial charge in [-0.25, -0.2) is 9.37 Å². The Bertz CT molecular complexity index is 1300. The van der Waals surface area contributed by atoms with Crippen LogP contribution in [-0.2, 0) is 11.3 Å². The zero-order valence-electron chi connectivity index (χ0n) is 17.9. The van der Waals surface area contributed by atoms with Crippen molar-refractivity contribution in [3.8, 4) is 17.0 Å². The van der Waals surface area contributed by atoms with Crippen LogP contribution in [-0.4, -0.2) is 40.5 Å². The van der Waals surface area contributed by atoms with Gasteiger partial charge in [0.2, 0.25) is 0 Å². The molecule has 1 N–H and O–H groups in total. The first kappa shape index (κ1) is 22.0. The third kappa shape index (κ3) is 4.98. The number of carboxylic acid groups (broad SMARTS) is 1. The number of nitrogens with zero attached hydrogens (tertiary/aromatic N) is 2. The van der Waals surface area contributed by atoms with Crippen molar-refractivity contribution in [2.24, 2.45) is 0 Å². The van der Waals surface area contributed by atoms with E-state index >= 15 is 0 Å². The number of aliphatic carboxylic acids is 1. The lowest BCUT2D eigenvalue weighted by atomic mass is 10.0. The predicted molar refractivity (Wildman–Crippen MR) is 123 cm³/mol. The number of benzene rings is 3. The summed E-state index contributed by atoms with van der Waals surface area (Å²) in [5.41, 5.74) is 2.96. The van der Waals surface area contributed by atoms with Crippen molar-refractivity contribution in [3.63, 3.8) is 0 Å². The van der Waals surface area contributed by atoms with Gasteiger partial charge >= 0.3 is 5.97 Å². The molecule has 166 valence electrons. The molecular weight excluding hydrogens is 423 g/mol. The second-order valence-corrected chi connectivity index (χ2v) is 7.48. The number of rotatable bonds is 7. The van der Waals surface area contributed by atoms with Crippen LogP contribution in [0, 0.1) is 5.82 Å². The number of ether oxygens (including phenoxy) is 1. The SMILES string of the molecule is COc1ccc(-c2cc(C(=O)N(CC(=O)O)Cc3ccc(F)cc3)c3ccccc3n2)cc1. The Morgan fingerprint density at radius 3 is 2.36 bits per heavy atom. The number of aromatic nitrogens is 1. The van der Waals surface area contributed by atoms with Gasteiger partial charge in [-0.1, -0.05) is 30.3 Å². The number of amides is 1. The van der Waals surface area contributed by atoms with E-state index in [2.05, 4.69) is 4.98 Å². The smallest absolute Gasteiger partial charge is 0.323 e. The van der Waals surface area contributed by atoms with Crippen molar-refractivity contribution >= 4 is 22.8 Å². The van der Waals surface area contributed by atoms with Crippen molar-refractivity contribution in [2.45, 2.75) is 6.54 Å². The predicted octanol–water partition coefficient (Wildman–Crippen LogP) is 4.78. The molecule has 7 heteroatoms. The molecule has 4 aromatic rings. The van der Waals surface area contributed by atoms with Crippen LogP contribution in [0.3, 0.4) is 0 Å². The Balaban J connectivity index is 1.78. The summed E-state index contributed by atoms with van der Waals surface area (Å²) < 4.78 is 18.5. The number of carbonyl (C=O) groups is 2. The molecule has 1 heterocycles. The minimum Gasteiger partial charge on any atom is -0.497 e. The first-order valence-corrected chi connectivity index (χ1v) is 10.2. The third-order valence-corrected chi connectivity index (χ3v) is 5.23. The lowest BCUT2D eigenvalue weighted by Gasteiger charge is -2.22. The van der Waals surface area contributed by atoms with Gasteiger partial charge in [-0.15, -0.1) is 0 Å². The highest BCUT2D eigenvalue weighted by atomic mass is 19.1.